The highest BCUT2D eigenvalue weighted by Crippen LogP contribution is 2.20. The second-order valence-electron chi connectivity index (χ2n) is 8.98. The van der Waals surface area contributed by atoms with Gasteiger partial charge in [-0.15, -0.1) is 0 Å². The van der Waals surface area contributed by atoms with Crippen molar-refractivity contribution < 1.29 is 28.7 Å². The van der Waals surface area contributed by atoms with E-state index in [-0.39, 0.29) is 11.4 Å². The van der Waals surface area contributed by atoms with Gasteiger partial charge in [0, 0.05) is 13.1 Å². The van der Waals surface area contributed by atoms with Crippen molar-refractivity contribution in [1.82, 2.24) is 15.6 Å². The molecule has 0 unspecified atom stereocenters. The first kappa shape index (κ1) is 27.1. The lowest BCUT2D eigenvalue weighted by atomic mass is 9.97. The minimum absolute atomic E-state index is 0.130. The number of nitrogens with one attached hydrogen (secondary N) is 2. The Hall–Kier alpha value is -3.49. The van der Waals surface area contributed by atoms with Crippen LogP contribution < -0.4 is 10.6 Å². The summed E-state index contributed by atoms with van der Waals surface area (Å²) < 4.78 is 10.0. The quantitative estimate of drug-likeness (QED) is 0.335. The van der Waals surface area contributed by atoms with Gasteiger partial charge in [0.05, 0.1) is 0 Å². The Morgan fingerprint density at radius 1 is 0.722 bits per heavy atom. The first-order valence-corrected chi connectivity index (χ1v) is 12.7. The summed E-state index contributed by atoms with van der Waals surface area (Å²) in [5.41, 5.74) is 2.44. The fraction of sp³-hybridized carbons (Fsp3) is 0.519. The molecular weight excluding hydrogens is 462 g/mol. The van der Waals surface area contributed by atoms with E-state index in [4.69, 9.17) is 9.47 Å². The number of allylic oxidation sites excluding steroid dienone is 2. The van der Waals surface area contributed by atoms with E-state index in [1.165, 1.54) is 55.0 Å². The van der Waals surface area contributed by atoms with Crippen LogP contribution in [0.25, 0.3) is 0 Å². The van der Waals surface area contributed by atoms with E-state index < -0.39 is 37.0 Å². The van der Waals surface area contributed by atoms with Crippen molar-refractivity contribution in [3.05, 3.63) is 52.9 Å². The molecule has 3 rings (SSSR count). The molecule has 2 amide bonds. The number of amides is 2. The van der Waals surface area contributed by atoms with Gasteiger partial charge in [0.2, 0.25) is 0 Å². The molecule has 0 saturated heterocycles. The zero-order chi connectivity index (χ0) is 25.6. The monoisotopic (exact) mass is 497 g/mol. The van der Waals surface area contributed by atoms with Gasteiger partial charge in [0.15, 0.2) is 13.2 Å². The average molecular weight is 498 g/mol. The Bertz CT molecular complexity index is 926. The van der Waals surface area contributed by atoms with Gasteiger partial charge < -0.3 is 20.1 Å². The Balaban J connectivity index is 1.35. The maximum absolute atomic E-state index is 12.3. The number of nitrogens with zero attached hydrogens (tertiary/aromatic N) is 1. The second kappa shape index (κ2) is 14.8. The first-order valence-electron chi connectivity index (χ1n) is 12.7. The highest BCUT2D eigenvalue weighted by atomic mass is 16.5. The van der Waals surface area contributed by atoms with Gasteiger partial charge in [-0.1, -0.05) is 29.4 Å². The minimum Gasteiger partial charge on any atom is -0.451 e. The van der Waals surface area contributed by atoms with E-state index in [1.54, 1.807) is 0 Å². The normalized spacial score (nSPS) is 15.2. The van der Waals surface area contributed by atoms with Crippen molar-refractivity contribution in [3.8, 4) is 0 Å². The minimum atomic E-state index is -0.829. The number of carbonyl (C=O) groups is 4. The number of aromatic nitrogens is 1. The molecule has 0 radical (unpaired) electrons. The largest absolute Gasteiger partial charge is 0.451 e. The van der Waals surface area contributed by atoms with E-state index >= 15 is 0 Å². The maximum Gasteiger partial charge on any atom is 0.357 e. The summed E-state index contributed by atoms with van der Waals surface area (Å²) in [4.78, 5) is 52.4. The predicted octanol–water partition coefficient (Wildman–Crippen LogP) is 3.41. The van der Waals surface area contributed by atoms with Crippen molar-refractivity contribution in [2.45, 2.75) is 64.2 Å². The van der Waals surface area contributed by atoms with Crippen LogP contribution in [0.4, 0.5) is 0 Å². The highest BCUT2D eigenvalue weighted by Gasteiger charge is 2.17. The SMILES string of the molecule is O=C(COC(=O)c1cccc(C(=O)OCC(=O)NCCC2=CCCCC2)n1)NCCC1=CCCCC1. The third kappa shape index (κ3) is 9.64. The van der Waals surface area contributed by atoms with Crippen molar-refractivity contribution in [2.24, 2.45) is 0 Å². The summed E-state index contributed by atoms with van der Waals surface area (Å²) in [6.45, 7) is 0.108. The van der Waals surface area contributed by atoms with Gasteiger partial charge >= 0.3 is 11.9 Å². The number of esters is 2. The van der Waals surface area contributed by atoms with Crippen LogP contribution in [0.1, 0.15) is 85.2 Å². The predicted molar refractivity (Wildman–Crippen MR) is 133 cm³/mol. The molecule has 1 heterocycles. The Labute approximate surface area is 211 Å². The van der Waals surface area contributed by atoms with Crippen LogP contribution in [-0.2, 0) is 19.1 Å². The zero-order valence-corrected chi connectivity index (χ0v) is 20.7. The van der Waals surface area contributed by atoms with Crippen LogP contribution in [-0.4, -0.2) is 55.0 Å². The molecule has 0 aliphatic heterocycles. The number of rotatable bonds is 12. The molecule has 0 aromatic carbocycles. The van der Waals surface area contributed by atoms with Crippen LogP contribution in [0.3, 0.4) is 0 Å². The second-order valence-corrected chi connectivity index (χ2v) is 8.98. The van der Waals surface area contributed by atoms with E-state index in [2.05, 4.69) is 27.8 Å². The van der Waals surface area contributed by atoms with Gasteiger partial charge in [-0.3, -0.25) is 9.59 Å². The van der Waals surface area contributed by atoms with Gasteiger partial charge in [0.1, 0.15) is 11.4 Å². The fourth-order valence-corrected chi connectivity index (χ4v) is 4.16. The molecule has 0 atom stereocenters. The van der Waals surface area contributed by atoms with Crippen LogP contribution in [0.5, 0.6) is 0 Å². The summed E-state index contributed by atoms with van der Waals surface area (Å²) in [5, 5.41) is 5.47. The van der Waals surface area contributed by atoms with E-state index in [9.17, 15) is 19.2 Å². The van der Waals surface area contributed by atoms with Crippen molar-refractivity contribution in [1.29, 1.82) is 0 Å². The third-order valence-electron chi connectivity index (χ3n) is 6.14. The molecule has 9 heteroatoms. The number of hydrogen-bond donors (Lipinski definition) is 2. The molecule has 0 spiro atoms. The summed E-state index contributed by atoms with van der Waals surface area (Å²) in [5.74, 6) is -2.46. The van der Waals surface area contributed by atoms with Gasteiger partial charge in [-0.2, -0.15) is 0 Å². The van der Waals surface area contributed by atoms with Gasteiger partial charge in [-0.05, 0) is 76.3 Å². The molecule has 1 aromatic heterocycles. The number of pyridine rings is 1. The molecule has 2 N–H and O–H groups in total. The van der Waals surface area contributed by atoms with Crippen LogP contribution >= 0.6 is 0 Å². The van der Waals surface area contributed by atoms with Crippen LogP contribution in [0.15, 0.2) is 41.5 Å². The van der Waals surface area contributed by atoms with Crippen molar-refractivity contribution in [2.75, 3.05) is 26.3 Å². The molecule has 0 bridgehead atoms. The summed E-state index contributed by atoms with van der Waals surface area (Å²) >= 11 is 0. The van der Waals surface area contributed by atoms with Gasteiger partial charge in [-0.25, -0.2) is 14.6 Å². The van der Waals surface area contributed by atoms with Crippen LogP contribution in [0, 0.1) is 0 Å². The fourth-order valence-electron chi connectivity index (χ4n) is 4.16. The topological polar surface area (TPSA) is 124 Å². The smallest absolute Gasteiger partial charge is 0.357 e. The molecular formula is C27H35N3O6. The molecule has 1 aromatic rings. The zero-order valence-electron chi connectivity index (χ0n) is 20.7. The van der Waals surface area contributed by atoms with Gasteiger partial charge in [0.25, 0.3) is 11.8 Å². The third-order valence-corrected chi connectivity index (χ3v) is 6.14. The lowest BCUT2D eigenvalue weighted by Crippen LogP contribution is -2.30. The summed E-state index contributed by atoms with van der Waals surface area (Å²) in [7, 11) is 0. The standard InChI is InChI=1S/C27H35N3O6/c31-24(28-16-14-20-8-3-1-4-9-20)18-35-26(33)22-12-7-13-23(30-22)27(34)36-19-25(32)29-17-15-21-10-5-2-6-11-21/h7-8,10,12-13H,1-6,9,11,14-19H2,(H,28,31)(H,29,32). The van der Waals surface area contributed by atoms with Crippen molar-refractivity contribution >= 4 is 23.8 Å². The number of hydrogen-bond acceptors (Lipinski definition) is 7. The Morgan fingerprint density at radius 2 is 1.19 bits per heavy atom. The molecule has 194 valence electrons. The molecule has 0 fully saturated rings. The van der Waals surface area contributed by atoms with E-state index in [0.29, 0.717) is 13.1 Å². The van der Waals surface area contributed by atoms with Crippen LogP contribution in [0.2, 0.25) is 0 Å². The number of ether oxygens (including phenoxy) is 2. The summed E-state index contributed by atoms with van der Waals surface area (Å²) in [6.07, 6.45) is 15.1. The van der Waals surface area contributed by atoms with E-state index in [1.807, 2.05) is 0 Å². The highest BCUT2D eigenvalue weighted by molar-refractivity contribution is 5.93. The maximum atomic E-state index is 12.3. The molecule has 9 nitrogen and oxygen atoms in total. The lowest BCUT2D eigenvalue weighted by Gasteiger charge is -2.13. The van der Waals surface area contributed by atoms with Crippen molar-refractivity contribution in [3.63, 3.8) is 0 Å². The molecule has 36 heavy (non-hydrogen) atoms. The average Bonchev–Trinajstić information content (AvgIpc) is 2.91. The van der Waals surface area contributed by atoms with E-state index in [0.717, 1.165) is 38.5 Å². The molecule has 2 aliphatic carbocycles. The molecule has 0 saturated carbocycles. The molecule has 2 aliphatic rings. The Morgan fingerprint density at radius 3 is 1.61 bits per heavy atom. The first-order chi connectivity index (χ1) is 17.5. The Kier molecular flexibility index (Phi) is 11.1. The lowest BCUT2D eigenvalue weighted by molar-refractivity contribution is -0.124. The summed E-state index contributed by atoms with van der Waals surface area (Å²) in [6, 6.07) is 4.20. The number of carbonyl (C=O) groups excluding carboxylic acids is 4.